The van der Waals surface area contributed by atoms with Gasteiger partial charge in [-0.25, -0.2) is 0 Å². The summed E-state index contributed by atoms with van der Waals surface area (Å²) in [5.41, 5.74) is 1.37. The van der Waals surface area contributed by atoms with Crippen LogP contribution in [-0.4, -0.2) is 12.6 Å². The fraction of sp³-hybridized carbons (Fsp3) is 0.158. The van der Waals surface area contributed by atoms with Crippen molar-refractivity contribution < 1.29 is 0 Å². The third-order valence-electron chi connectivity index (χ3n) is 4.62. The van der Waals surface area contributed by atoms with Gasteiger partial charge in [0.15, 0.2) is 0 Å². The molecule has 1 aromatic heterocycles. The van der Waals surface area contributed by atoms with Crippen molar-refractivity contribution in [3.8, 4) is 0 Å². The zero-order valence-electron chi connectivity index (χ0n) is 12.9. The highest BCUT2D eigenvalue weighted by molar-refractivity contribution is 7.10. The zero-order chi connectivity index (χ0) is 14.9. The molecule has 0 aliphatic heterocycles. The van der Waals surface area contributed by atoms with Gasteiger partial charge in [-0.2, -0.15) is 0 Å². The van der Waals surface area contributed by atoms with E-state index in [1.807, 2.05) is 0 Å². The number of nitrogens with zero attached hydrogens (tertiary/aromatic N) is 1. The minimum absolute atomic E-state index is 1.37. The first-order valence-corrected chi connectivity index (χ1v) is 9.87. The van der Waals surface area contributed by atoms with Gasteiger partial charge >= 0.3 is 0 Å². The van der Waals surface area contributed by atoms with Gasteiger partial charge in [0.05, 0.1) is 0 Å². The second kappa shape index (κ2) is 5.38. The molecule has 106 valence electrons. The van der Waals surface area contributed by atoms with Crippen LogP contribution in [0.3, 0.4) is 0 Å². The molecule has 0 bridgehead atoms. The molecule has 0 unspecified atom stereocenters. The van der Waals surface area contributed by atoms with Gasteiger partial charge in [-0.05, 0) is 28.6 Å². The normalized spacial score (nSPS) is 11.6. The highest BCUT2D eigenvalue weighted by atomic mass is 28.3. The second-order valence-corrected chi connectivity index (χ2v) is 9.73. The van der Waals surface area contributed by atoms with Crippen molar-refractivity contribution >= 4 is 23.6 Å². The number of aromatic nitrogens is 1. The molecule has 0 N–H and O–H groups in total. The zero-order valence-corrected chi connectivity index (χ0v) is 13.9. The fourth-order valence-corrected chi connectivity index (χ4v) is 7.14. The summed E-state index contributed by atoms with van der Waals surface area (Å²) in [6.07, 6.45) is 2.18. The molecule has 0 saturated heterocycles. The number of hydrogen-bond acceptors (Lipinski definition) is 0. The Labute approximate surface area is 127 Å². The standard InChI is InChI=1S/C19H21NSi/c1-16-19(14-15-20(16)2)21(3,17-10-6-4-7-11-17)18-12-8-5-9-13-18/h4-15H,1-3H3. The van der Waals surface area contributed by atoms with Crippen molar-refractivity contribution in [3.05, 3.63) is 78.6 Å². The van der Waals surface area contributed by atoms with Crippen molar-refractivity contribution in [2.45, 2.75) is 13.5 Å². The summed E-state index contributed by atoms with van der Waals surface area (Å²) in [5, 5.41) is 4.43. The summed E-state index contributed by atoms with van der Waals surface area (Å²) in [6, 6.07) is 24.3. The smallest absolute Gasteiger partial charge is 0.147 e. The molecule has 3 rings (SSSR count). The Morgan fingerprint density at radius 2 is 1.24 bits per heavy atom. The van der Waals surface area contributed by atoms with Crippen LogP contribution in [0.25, 0.3) is 0 Å². The first-order chi connectivity index (χ1) is 10.1. The lowest BCUT2D eigenvalue weighted by atomic mass is 10.4. The summed E-state index contributed by atoms with van der Waals surface area (Å²) in [5.74, 6) is 0. The van der Waals surface area contributed by atoms with Crippen molar-refractivity contribution in [1.29, 1.82) is 0 Å². The van der Waals surface area contributed by atoms with Crippen molar-refractivity contribution in [1.82, 2.24) is 4.57 Å². The van der Waals surface area contributed by atoms with E-state index in [2.05, 4.69) is 98.0 Å². The highest BCUT2D eigenvalue weighted by Crippen LogP contribution is 2.10. The Bertz CT molecular complexity index is 689. The quantitative estimate of drug-likeness (QED) is 0.653. The van der Waals surface area contributed by atoms with Crippen LogP contribution in [0.2, 0.25) is 6.55 Å². The average molecular weight is 291 g/mol. The molecule has 0 aliphatic rings. The predicted octanol–water partition coefficient (Wildman–Crippen LogP) is 2.43. The maximum absolute atomic E-state index is 2.46. The average Bonchev–Trinajstić information content (AvgIpc) is 2.88. The van der Waals surface area contributed by atoms with E-state index < -0.39 is 8.07 Å². The molecule has 0 amide bonds. The summed E-state index contributed by atoms with van der Waals surface area (Å²) in [7, 11) is 0.206. The Morgan fingerprint density at radius 1 is 0.762 bits per heavy atom. The predicted molar refractivity (Wildman–Crippen MR) is 93.6 cm³/mol. The van der Waals surface area contributed by atoms with Crippen LogP contribution in [0.1, 0.15) is 5.69 Å². The highest BCUT2D eigenvalue weighted by Gasteiger charge is 2.35. The van der Waals surface area contributed by atoms with Gasteiger partial charge in [0, 0.05) is 18.9 Å². The van der Waals surface area contributed by atoms with Crippen LogP contribution in [0.5, 0.6) is 0 Å². The molecule has 0 aliphatic carbocycles. The van der Waals surface area contributed by atoms with Gasteiger partial charge < -0.3 is 4.57 Å². The molecular weight excluding hydrogens is 270 g/mol. The SMILES string of the molecule is Cc1c([Si](C)(c2ccccc2)c2ccccc2)ccn1C. The summed E-state index contributed by atoms with van der Waals surface area (Å²) < 4.78 is 2.23. The molecule has 21 heavy (non-hydrogen) atoms. The van der Waals surface area contributed by atoms with Gasteiger partial charge in [-0.3, -0.25) is 0 Å². The topological polar surface area (TPSA) is 4.93 Å². The number of benzene rings is 2. The number of hydrogen-bond donors (Lipinski definition) is 0. The minimum atomic E-state index is -1.92. The Kier molecular flexibility index (Phi) is 3.56. The second-order valence-electron chi connectivity index (χ2n) is 5.78. The first kappa shape index (κ1) is 13.9. The molecule has 0 saturated carbocycles. The van der Waals surface area contributed by atoms with Crippen LogP contribution in [0, 0.1) is 6.92 Å². The van der Waals surface area contributed by atoms with Gasteiger partial charge in [0.25, 0.3) is 0 Å². The van der Waals surface area contributed by atoms with Crippen molar-refractivity contribution in [2.75, 3.05) is 0 Å². The molecule has 0 fully saturated rings. The maximum atomic E-state index is 2.46. The van der Waals surface area contributed by atoms with Crippen LogP contribution < -0.4 is 15.6 Å². The van der Waals surface area contributed by atoms with E-state index in [4.69, 9.17) is 0 Å². The Hall–Kier alpha value is -2.06. The Morgan fingerprint density at radius 3 is 1.62 bits per heavy atom. The monoisotopic (exact) mass is 291 g/mol. The van der Waals surface area contributed by atoms with Gasteiger partial charge in [0.2, 0.25) is 0 Å². The van der Waals surface area contributed by atoms with E-state index >= 15 is 0 Å². The molecule has 1 heterocycles. The lowest BCUT2D eigenvalue weighted by Crippen LogP contribution is -2.65. The van der Waals surface area contributed by atoms with Crippen LogP contribution in [-0.2, 0) is 7.05 Å². The van der Waals surface area contributed by atoms with Crippen LogP contribution in [0.4, 0.5) is 0 Å². The molecule has 2 heteroatoms. The lowest BCUT2D eigenvalue weighted by Gasteiger charge is -2.29. The summed E-state index contributed by atoms with van der Waals surface area (Å²) >= 11 is 0. The molecular formula is C19H21NSi. The van der Waals surface area contributed by atoms with Crippen LogP contribution >= 0.6 is 0 Å². The molecule has 3 aromatic rings. The van der Waals surface area contributed by atoms with Crippen molar-refractivity contribution in [3.63, 3.8) is 0 Å². The van der Waals surface area contributed by atoms with Gasteiger partial charge in [-0.1, -0.05) is 67.2 Å². The fourth-order valence-electron chi connectivity index (χ4n) is 3.16. The van der Waals surface area contributed by atoms with E-state index in [0.29, 0.717) is 0 Å². The van der Waals surface area contributed by atoms with E-state index in [9.17, 15) is 0 Å². The van der Waals surface area contributed by atoms with Gasteiger partial charge in [0.1, 0.15) is 8.07 Å². The minimum Gasteiger partial charge on any atom is -0.355 e. The molecule has 0 spiro atoms. The third-order valence-corrected chi connectivity index (χ3v) is 9.21. The summed E-state index contributed by atoms with van der Waals surface area (Å²) in [4.78, 5) is 0. The first-order valence-electron chi connectivity index (χ1n) is 7.37. The summed E-state index contributed by atoms with van der Waals surface area (Å²) in [6.45, 7) is 4.69. The van der Waals surface area contributed by atoms with Crippen LogP contribution in [0.15, 0.2) is 72.9 Å². The Balaban J connectivity index is 2.28. The van der Waals surface area contributed by atoms with E-state index in [-0.39, 0.29) is 0 Å². The molecule has 0 atom stereocenters. The van der Waals surface area contributed by atoms with E-state index in [0.717, 1.165) is 0 Å². The number of rotatable bonds is 3. The molecule has 2 aromatic carbocycles. The van der Waals surface area contributed by atoms with Crippen molar-refractivity contribution in [2.24, 2.45) is 7.05 Å². The van der Waals surface area contributed by atoms with Gasteiger partial charge in [-0.15, -0.1) is 0 Å². The number of aryl methyl sites for hydroxylation is 1. The maximum Gasteiger partial charge on any atom is 0.147 e. The van der Waals surface area contributed by atoms with E-state index in [1.165, 1.54) is 21.3 Å². The largest absolute Gasteiger partial charge is 0.355 e. The third kappa shape index (κ3) is 2.26. The van der Waals surface area contributed by atoms with E-state index in [1.54, 1.807) is 0 Å². The lowest BCUT2D eigenvalue weighted by molar-refractivity contribution is 0.885. The molecule has 1 nitrogen and oxygen atoms in total. The molecule has 0 radical (unpaired) electrons.